The van der Waals surface area contributed by atoms with Gasteiger partial charge in [-0.05, 0) is 19.1 Å². The summed E-state index contributed by atoms with van der Waals surface area (Å²) in [5.74, 6) is 0.208. The molecule has 1 aromatic carbocycles. The third-order valence-corrected chi connectivity index (χ3v) is 2.10. The van der Waals surface area contributed by atoms with Gasteiger partial charge in [-0.1, -0.05) is 11.6 Å². The molecule has 0 N–H and O–H groups in total. The van der Waals surface area contributed by atoms with E-state index in [-0.39, 0.29) is 10.8 Å². The summed E-state index contributed by atoms with van der Waals surface area (Å²) in [5.41, 5.74) is 0.685. The SMILES string of the molecule is COc1cc(C(C)=O)c(Cl)cc1C#N. The van der Waals surface area contributed by atoms with Crippen LogP contribution >= 0.6 is 11.6 Å². The highest BCUT2D eigenvalue weighted by atomic mass is 35.5. The van der Waals surface area contributed by atoms with Crippen molar-refractivity contribution in [3.05, 3.63) is 28.3 Å². The molecule has 0 aliphatic carbocycles. The number of ether oxygens (including phenoxy) is 1. The predicted octanol–water partition coefficient (Wildman–Crippen LogP) is 2.42. The van der Waals surface area contributed by atoms with Crippen molar-refractivity contribution in [2.75, 3.05) is 7.11 Å². The average Bonchev–Trinajstić information content (AvgIpc) is 2.16. The second-order valence-electron chi connectivity index (χ2n) is 2.70. The Kier molecular flexibility index (Phi) is 3.10. The average molecular weight is 210 g/mol. The van der Waals surface area contributed by atoms with Crippen LogP contribution in [0.2, 0.25) is 5.02 Å². The van der Waals surface area contributed by atoms with E-state index in [9.17, 15) is 4.79 Å². The molecule has 14 heavy (non-hydrogen) atoms. The van der Waals surface area contributed by atoms with Gasteiger partial charge in [-0.25, -0.2) is 0 Å². The number of ketones is 1. The van der Waals surface area contributed by atoms with Gasteiger partial charge in [0, 0.05) is 5.56 Å². The van der Waals surface area contributed by atoms with E-state index in [1.54, 1.807) is 0 Å². The fourth-order valence-electron chi connectivity index (χ4n) is 1.08. The number of hydrogen-bond donors (Lipinski definition) is 0. The first-order valence-corrected chi connectivity index (χ1v) is 4.26. The number of hydrogen-bond acceptors (Lipinski definition) is 3. The Morgan fingerprint density at radius 3 is 2.64 bits per heavy atom. The minimum atomic E-state index is -0.155. The molecule has 72 valence electrons. The predicted molar refractivity (Wildman–Crippen MR) is 52.7 cm³/mol. The molecule has 0 aliphatic heterocycles. The second kappa shape index (κ2) is 4.12. The number of rotatable bonds is 2. The van der Waals surface area contributed by atoms with Crippen molar-refractivity contribution in [2.24, 2.45) is 0 Å². The Balaban J connectivity index is 3.39. The maximum absolute atomic E-state index is 11.1. The molecule has 0 aliphatic rings. The number of carbonyl (C=O) groups is 1. The summed E-state index contributed by atoms with van der Waals surface area (Å²) in [6.45, 7) is 1.41. The van der Waals surface area contributed by atoms with E-state index >= 15 is 0 Å². The largest absolute Gasteiger partial charge is 0.495 e. The summed E-state index contributed by atoms with van der Waals surface area (Å²) in [6.07, 6.45) is 0. The zero-order valence-corrected chi connectivity index (χ0v) is 8.55. The van der Waals surface area contributed by atoms with E-state index in [0.717, 1.165) is 0 Å². The lowest BCUT2D eigenvalue weighted by molar-refractivity contribution is 0.101. The highest BCUT2D eigenvalue weighted by Gasteiger charge is 2.11. The van der Waals surface area contributed by atoms with E-state index in [4.69, 9.17) is 21.6 Å². The maximum atomic E-state index is 11.1. The van der Waals surface area contributed by atoms with Gasteiger partial charge in [-0.2, -0.15) is 5.26 Å². The summed E-state index contributed by atoms with van der Waals surface area (Å²) in [4.78, 5) is 11.1. The van der Waals surface area contributed by atoms with Gasteiger partial charge in [-0.3, -0.25) is 4.79 Å². The lowest BCUT2D eigenvalue weighted by Gasteiger charge is -2.06. The summed E-state index contributed by atoms with van der Waals surface area (Å²) < 4.78 is 4.95. The smallest absolute Gasteiger partial charge is 0.161 e. The second-order valence-corrected chi connectivity index (χ2v) is 3.11. The lowest BCUT2D eigenvalue weighted by Crippen LogP contribution is -1.97. The topological polar surface area (TPSA) is 50.1 Å². The van der Waals surface area contributed by atoms with Gasteiger partial charge >= 0.3 is 0 Å². The van der Waals surface area contributed by atoms with Crippen molar-refractivity contribution in [1.29, 1.82) is 5.26 Å². The van der Waals surface area contributed by atoms with E-state index in [0.29, 0.717) is 16.9 Å². The summed E-state index contributed by atoms with van der Waals surface area (Å²) in [6, 6.07) is 4.84. The van der Waals surface area contributed by atoms with Gasteiger partial charge in [0.05, 0.1) is 17.7 Å². The van der Waals surface area contributed by atoms with Crippen molar-refractivity contribution in [2.45, 2.75) is 6.92 Å². The third-order valence-electron chi connectivity index (χ3n) is 1.79. The Hall–Kier alpha value is -1.53. The highest BCUT2D eigenvalue weighted by molar-refractivity contribution is 6.34. The molecule has 0 amide bonds. The molecular weight excluding hydrogens is 202 g/mol. The van der Waals surface area contributed by atoms with Crippen LogP contribution < -0.4 is 4.74 Å². The molecule has 0 aromatic heterocycles. The Morgan fingerprint density at radius 2 is 2.21 bits per heavy atom. The van der Waals surface area contributed by atoms with Gasteiger partial charge in [0.1, 0.15) is 11.8 Å². The van der Waals surface area contributed by atoms with Crippen LogP contribution in [0, 0.1) is 11.3 Å². The van der Waals surface area contributed by atoms with Gasteiger partial charge in [0.2, 0.25) is 0 Å². The van der Waals surface area contributed by atoms with Crippen molar-refractivity contribution in [1.82, 2.24) is 0 Å². The van der Waals surface area contributed by atoms with Crippen molar-refractivity contribution in [3.8, 4) is 11.8 Å². The first kappa shape index (κ1) is 10.6. The Labute approximate surface area is 86.9 Å². The molecule has 4 heteroatoms. The van der Waals surface area contributed by atoms with Crippen LogP contribution in [0.25, 0.3) is 0 Å². The molecule has 0 unspecified atom stereocenters. The van der Waals surface area contributed by atoms with Gasteiger partial charge in [0.25, 0.3) is 0 Å². The molecule has 0 saturated heterocycles. The molecule has 1 rings (SSSR count). The van der Waals surface area contributed by atoms with Gasteiger partial charge in [-0.15, -0.1) is 0 Å². The zero-order chi connectivity index (χ0) is 10.7. The van der Waals surface area contributed by atoms with Gasteiger partial charge in [0.15, 0.2) is 5.78 Å². The number of nitrogens with zero attached hydrogens (tertiary/aromatic N) is 1. The molecule has 1 aromatic rings. The Bertz CT molecular complexity index is 421. The zero-order valence-electron chi connectivity index (χ0n) is 7.80. The molecule has 0 fully saturated rings. The van der Waals surface area contributed by atoms with Crippen LogP contribution in [-0.2, 0) is 0 Å². The molecule has 0 radical (unpaired) electrons. The van der Waals surface area contributed by atoms with Crippen LogP contribution in [0.5, 0.6) is 5.75 Å². The minimum Gasteiger partial charge on any atom is -0.495 e. The fraction of sp³-hybridized carbons (Fsp3) is 0.200. The van der Waals surface area contributed by atoms with Crippen LogP contribution in [-0.4, -0.2) is 12.9 Å². The van der Waals surface area contributed by atoms with Crippen LogP contribution in [0.15, 0.2) is 12.1 Å². The number of nitriles is 1. The normalized spacial score (nSPS) is 9.29. The minimum absolute atomic E-state index is 0.155. The number of halogens is 1. The number of Topliss-reactive ketones (excluding diaryl/α,β-unsaturated/α-hetero) is 1. The third kappa shape index (κ3) is 1.86. The number of methoxy groups -OCH3 is 1. The molecule has 0 bridgehead atoms. The molecule has 0 heterocycles. The molecule has 0 atom stereocenters. The summed E-state index contributed by atoms with van der Waals surface area (Å²) in [5, 5.41) is 9.00. The number of carbonyl (C=O) groups excluding carboxylic acids is 1. The standard InChI is InChI=1S/C10H8ClNO2/c1-6(13)8-4-10(14-2)7(5-12)3-9(8)11/h3-4H,1-2H3. The maximum Gasteiger partial charge on any atom is 0.161 e. The lowest BCUT2D eigenvalue weighted by atomic mass is 10.1. The first-order valence-electron chi connectivity index (χ1n) is 3.88. The molecule has 0 saturated carbocycles. The molecule has 0 spiro atoms. The van der Waals surface area contributed by atoms with E-state index in [1.165, 1.54) is 26.2 Å². The quantitative estimate of drug-likeness (QED) is 0.703. The monoisotopic (exact) mass is 209 g/mol. The Morgan fingerprint density at radius 1 is 1.57 bits per heavy atom. The van der Waals surface area contributed by atoms with Crippen molar-refractivity contribution in [3.63, 3.8) is 0 Å². The van der Waals surface area contributed by atoms with Crippen LogP contribution in [0.3, 0.4) is 0 Å². The van der Waals surface area contributed by atoms with Crippen molar-refractivity contribution < 1.29 is 9.53 Å². The van der Waals surface area contributed by atoms with E-state index in [2.05, 4.69) is 0 Å². The molecular formula is C10H8ClNO2. The van der Waals surface area contributed by atoms with Gasteiger partial charge < -0.3 is 4.74 Å². The summed E-state index contributed by atoms with van der Waals surface area (Å²) >= 11 is 5.80. The van der Waals surface area contributed by atoms with E-state index < -0.39 is 0 Å². The molecule has 3 nitrogen and oxygen atoms in total. The van der Waals surface area contributed by atoms with Crippen LogP contribution in [0.1, 0.15) is 22.8 Å². The number of benzene rings is 1. The van der Waals surface area contributed by atoms with Crippen LogP contribution in [0.4, 0.5) is 0 Å². The highest BCUT2D eigenvalue weighted by Crippen LogP contribution is 2.26. The summed E-state index contributed by atoms with van der Waals surface area (Å²) in [7, 11) is 1.44. The van der Waals surface area contributed by atoms with Crippen molar-refractivity contribution >= 4 is 17.4 Å². The fourth-order valence-corrected chi connectivity index (χ4v) is 1.38. The first-order chi connectivity index (χ1) is 6.60. The van der Waals surface area contributed by atoms with E-state index in [1.807, 2.05) is 6.07 Å².